The van der Waals surface area contributed by atoms with E-state index in [1.54, 1.807) is 41.5 Å². The number of ether oxygens (including phenoxy) is 4. The maximum atomic E-state index is 12.6. The third-order valence-electron chi connectivity index (χ3n) is 4.52. The monoisotopic (exact) mass is 586 g/mol. The summed E-state index contributed by atoms with van der Waals surface area (Å²) in [4.78, 5) is 72.4. The van der Waals surface area contributed by atoms with Gasteiger partial charge in [-0.1, -0.05) is 0 Å². The highest BCUT2D eigenvalue weighted by atomic mass is 16.6. The summed E-state index contributed by atoms with van der Waals surface area (Å²) in [6.45, 7) is 10.0. The van der Waals surface area contributed by atoms with E-state index in [9.17, 15) is 39.0 Å². The van der Waals surface area contributed by atoms with E-state index < -0.39 is 58.8 Å². The van der Waals surface area contributed by atoms with Gasteiger partial charge in [-0.2, -0.15) is 0 Å². The first-order valence-electron chi connectivity index (χ1n) is 12.2. The number of amides is 2. The Bertz CT molecular complexity index is 1290. The van der Waals surface area contributed by atoms with Crippen LogP contribution in [0.4, 0.5) is 21.0 Å². The Kier molecular flexibility index (Phi) is 10.4. The molecule has 0 aliphatic carbocycles. The average Bonchev–Trinajstić information content (AvgIpc) is 2.84. The van der Waals surface area contributed by atoms with Crippen molar-refractivity contribution in [3.63, 3.8) is 0 Å². The van der Waals surface area contributed by atoms with Crippen LogP contribution >= 0.6 is 0 Å². The van der Waals surface area contributed by atoms with E-state index >= 15 is 0 Å². The summed E-state index contributed by atoms with van der Waals surface area (Å²) in [6.07, 6.45) is -1.51. The highest BCUT2D eigenvalue weighted by Crippen LogP contribution is 2.19. The van der Waals surface area contributed by atoms with Gasteiger partial charge in [0, 0.05) is 11.4 Å². The molecule has 0 saturated carbocycles. The molecular weight excluding hydrogens is 556 g/mol. The molecule has 224 valence electrons. The van der Waals surface area contributed by atoms with Gasteiger partial charge in [-0.25, -0.2) is 28.8 Å². The van der Waals surface area contributed by atoms with E-state index in [4.69, 9.17) is 18.9 Å². The van der Waals surface area contributed by atoms with E-state index in [1.165, 1.54) is 48.5 Å². The fraction of sp³-hybridized carbons (Fsp3) is 0.286. The normalized spacial score (nSPS) is 11.8. The van der Waals surface area contributed by atoms with Crippen molar-refractivity contribution in [3.05, 3.63) is 71.2 Å². The summed E-state index contributed by atoms with van der Waals surface area (Å²) < 4.78 is 19.7. The molecule has 0 bridgehead atoms. The molecule has 42 heavy (non-hydrogen) atoms. The van der Waals surface area contributed by atoms with Crippen LogP contribution in [-0.4, -0.2) is 57.5 Å². The van der Waals surface area contributed by atoms with Crippen molar-refractivity contribution in [3.8, 4) is 0 Å². The standard InChI is InChI=1S/C28H30N2O12/c1-27(2,3)41-25(37)29-17-11-7-15(8-12-17)23(35)39-19(21(31)32)20(22(33)34)40-24(36)16-9-13-18(14-10-16)30-26(38)42-28(4,5)6/h7-14H,1-6H3,(H,29,37)(H,30,38)(H,31,32)(H,33,34)/b20-19-. The van der Waals surface area contributed by atoms with Gasteiger partial charge in [0.2, 0.25) is 0 Å². The highest BCUT2D eigenvalue weighted by Gasteiger charge is 2.30. The number of hydrogen-bond donors (Lipinski definition) is 4. The SMILES string of the molecule is CC(C)(C)OC(=O)Nc1ccc(C(=O)O/C(C(=O)O)=C(\OC(=O)c2ccc(NC(=O)OC(C)(C)C)cc2)C(=O)O)cc1. The van der Waals surface area contributed by atoms with E-state index in [0.717, 1.165) is 0 Å². The fourth-order valence-electron chi connectivity index (χ4n) is 2.90. The van der Waals surface area contributed by atoms with Crippen molar-refractivity contribution in [2.75, 3.05) is 10.6 Å². The Balaban J connectivity index is 2.18. The number of anilines is 2. The number of carbonyl (C=O) groups excluding carboxylic acids is 4. The van der Waals surface area contributed by atoms with Crippen LogP contribution in [0.25, 0.3) is 0 Å². The highest BCUT2D eigenvalue weighted by molar-refractivity contribution is 6.02. The summed E-state index contributed by atoms with van der Waals surface area (Å²) in [7, 11) is 0. The van der Waals surface area contributed by atoms with Gasteiger partial charge in [0.25, 0.3) is 11.5 Å². The number of carboxylic acids is 2. The summed E-state index contributed by atoms with van der Waals surface area (Å²) in [5.74, 6) is -9.51. The van der Waals surface area contributed by atoms with Crippen LogP contribution in [-0.2, 0) is 28.5 Å². The zero-order chi connectivity index (χ0) is 31.8. The quantitative estimate of drug-likeness (QED) is 0.143. The number of carboxylic acid groups (broad SMARTS) is 2. The van der Waals surface area contributed by atoms with Gasteiger partial charge in [-0.05, 0) is 90.1 Å². The lowest BCUT2D eigenvalue weighted by atomic mass is 10.2. The molecule has 0 aliphatic heterocycles. The molecular formula is C28H30N2O12. The number of benzene rings is 2. The van der Waals surface area contributed by atoms with Crippen LogP contribution in [0, 0.1) is 0 Å². The smallest absolute Gasteiger partial charge is 0.412 e. The van der Waals surface area contributed by atoms with Crippen molar-refractivity contribution >= 4 is 47.4 Å². The summed E-state index contributed by atoms with van der Waals surface area (Å²) in [5.41, 5.74) is -1.45. The van der Waals surface area contributed by atoms with Gasteiger partial charge >= 0.3 is 36.1 Å². The molecule has 0 atom stereocenters. The molecule has 0 fully saturated rings. The molecule has 0 aromatic heterocycles. The predicted octanol–water partition coefficient (Wildman–Crippen LogP) is 4.78. The first kappa shape index (κ1) is 32.8. The number of hydrogen-bond acceptors (Lipinski definition) is 10. The largest absolute Gasteiger partial charge is 0.475 e. The average molecular weight is 587 g/mol. The predicted molar refractivity (Wildman–Crippen MR) is 146 cm³/mol. The van der Waals surface area contributed by atoms with Gasteiger partial charge in [-0.15, -0.1) is 0 Å². The molecule has 0 saturated heterocycles. The van der Waals surface area contributed by atoms with Crippen LogP contribution in [0.2, 0.25) is 0 Å². The van der Waals surface area contributed by atoms with Crippen LogP contribution in [0.5, 0.6) is 0 Å². The van der Waals surface area contributed by atoms with Gasteiger partial charge in [0.15, 0.2) is 0 Å². The molecule has 0 unspecified atom stereocenters. The molecule has 14 heteroatoms. The number of nitrogens with one attached hydrogen (secondary N) is 2. The first-order chi connectivity index (χ1) is 19.3. The third kappa shape index (κ3) is 10.6. The minimum absolute atomic E-state index is 0.215. The molecule has 2 aromatic rings. The minimum Gasteiger partial charge on any atom is -0.475 e. The third-order valence-corrected chi connectivity index (χ3v) is 4.52. The van der Waals surface area contributed by atoms with Crippen LogP contribution in [0.1, 0.15) is 62.3 Å². The Morgan fingerprint density at radius 1 is 0.548 bits per heavy atom. The summed E-state index contributed by atoms with van der Waals surface area (Å²) in [6, 6.07) is 9.88. The van der Waals surface area contributed by atoms with Crippen molar-refractivity contribution in [2.45, 2.75) is 52.7 Å². The summed E-state index contributed by atoms with van der Waals surface area (Å²) in [5, 5.41) is 23.9. The lowest BCUT2D eigenvalue weighted by Crippen LogP contribution is -2.27. The zero-order valence-corrected chi connectivity index (χ0v) is 23.6. The first-order valence-corrected chi connectivity index (χ1v) is 12.2. The molecule has 2 rings (SSSR count). The van der Waals surface area contributed by atoms with Crippen LogP contribution in [0.15, 0.2) is 60.0 Å². The molecule has 14 nitrogen and oxygen atoms in total. The van der Waals surface area contributed by atoms with Crippen molar-refractivity contribution in [1.29, 1.82) is 0 Å². The minimum atomic E-state index is -2.01. The van der Waals surface area contributed by atoms with E-state index in [0.29, 0.717) is 0 Å². The van der Waals surface area contributed by atoms with Gasteiger partial charge in [0.1, 0.15) is 11.2 Å². The Hall–Kier alpha value is -5.40. The molecule has 0 heterocycles. The second-order valence-corrected chi connectivity index (χ2v) is 10.5. The fourth-order valence-corrected chi connectivity index (χ4v) is 2.90. The van der Waals surface area contributed by atoms with Crippen LogP contribution < -0.4 is 10.6 Å². The molecule has 0 radical (unpaired) electrons. The zero-order valence-electron chi connectivity index (χ0n) is 23.6. The Morgan fingerprint density at radius 3 is 1.07 bits per heavy atom. The van der Waals surface area contributed by atoms with E-state index in [-0.39, 0.29) is 22.5 Å². The Labute approximate surface area is 240 Å². The molecule has 0 aliphatic rings. The van der Waals surface area contributed by atoms with E-state index in [2.05, 4.69) is 10.6 Å². The van der Waals surface area contributed by atoms with Gasteiger partial charge in [0.05, 0.1) is 11.1 Å². The van der Waals surface area contributed by atoms with E-state index in [1.807, 2.05) is 0 Å². The lowest BCUT2D eigenvalue weighted by molar-refractivity contribution is -0.140. The molecule has 2 amide bonds. The topological polar surface area (TPSA) is 204 Å². The molecule has 4 N–H and O–H groups in total. The van der Waals surface area contributed by atoms with Gasteiger partial charge < -0.3 is 29.2 Å². The number of esters is 2. The van der Waals surface area contributed by atoms with Crippen molar-refractivity contribution in [2.24, 2.45) is 0 Å². The maximum absolute atomic E-state index is 12.6. The number of aliphatic carboxylic acids is 2. The number of rotatable bonds is 8. The molecule has 0 spiro atoms. The van der Waals surface area contributed by atoms with Crippen LogP contribution in [0.3, 0.4) is 0 Å². The number of carbonyl (C=O) groups is 6. The summed E-state index contributed by atoms with van der Waals surface area (Å²) >= 11 is 0. The van der Waals surface area contributed by atoms with Gasteiger partial charge in [-0.3, -0.25) is 10.6 Å². The van der Waals surface area contributed by atoms with Crippen molar-refractivity contribution < 1.29 is 57.9 Å². The Morgan fingerprint density at radius 2 is 0.833 bits per heavy atom. The van der Waals surface area contributed by atoms with Crippen molar-refractivity contribution in [1.82, 2.24) is 0 Å². The second kappa shape index (κ2) is 13.3. The lowest BCUT2D eigenvalue weighted by Gasteiger charge is -2.19. The maximum Gasteiger partial charge on any atom is 0.412 e. The molecule has 2 aromatic carbocycles. The second-order valence-electron chi connectivity index (χ2n) is 10.5.